The summed E-state index contributed by atoms with van der Waals surface area (Å²) in [5.41, 5.74) is 0.0113. The molecule has 0 heterocycles. The molecule has 0 saturated carbocycles. The standard InChI is InChI=1S/C11H10O5/c1-2-9(13)11(15)16-10(14)7-4-3-5-8(12)6-7/h3-6,12H,2H2,1H3. The molecular weight excluding hydrogens is 212 g/mol. The van der Waals surface area contributed by atoms with Crippen LogP contribution in [0.4, 0.5) is 0 Å². The Balaban J connectivity index is 2.73. The minimum Gasteiger partial charge on any atom is -0.508 e. The molecule has 1 aromatic rings. The van der Waals surface area contributed by atoms with Gasteiger partial charge in [0.05, 0.1) is 5.56 Å². The first kappa shape index (κ1) is 11.9. The zero-order chi connectivity index (χ0) is 12.1. The predicted octanol–water partition coefficient (Wildman–Crippen LogP) is 1.05. The number of ether oxygens (including phenoxy) is 1. The summed E-state index contributed by atoms with van der Waals surface area (Å²) in [7, 11) is 0. The lowest BCUT2D eigenvalue weighted by molar-refractivity contribution is -0.149. The molecule has 1 aromatic carbocycles. The third-order valence-electron chi connectivity index (χ3n) is 1.82. The van der Waals surface area contributed by atoms with Gasteiger partial charge in [0.25, 0.3) is 0 Å². The number of aromatic hydroxyl groups is 1. The normalized spacial score (nSPS) is 9.56. The van der Waals surface area contributed by atoms with Gasteiger partial charge in [-0.3, -0.25) is 4.79 Å². The maximum absolute atomic E-state index is 11.3. The number of Topliss-reactive ketones (excluding diaryl/α,β-unsaturated/α-hetero) is 1. The molecule has 0 radical (unpaired) electrons. The van der Waals surface area contributed by atoms with Gasteiger partial charge in [-0.25, -0.2) is 9.59 Å². The highest BCUT2D eigenvalue weighted by Crippen LogP contribution is 2.11. The zero-order valence-electron chi connectivity index (χ0n) is 8.60. The van der Waals surface area contributed by atoms with Gasteiger partial charge in [-0.15, -0.1) is 0 Å². The fraction of sp³-hybridized carbons (Fsp3) is 0.182. The Morgan fingerprint density at radius 2 is 2.00 bits per heavy atom. The number of phenols is 1. The van der Waals surface area contributed by atoms with E-state index in [0.717, 1.165) is 6.07 Å². The molecule has 1 rings (SSSR count). The first-order valence-electron chi connectivity index (χ1n) is 4.63. The minimum atomic E-state index is -1.18. The smallest absolute Gasteiger partial charge is 0.382 e. The molecule has 0 aromatic heterocycles. The van der Waals surface area contributed by atoms with Crippen molar-refractivity contribution < 1.29 is 24.2 Å². The topological polar surface area (TPSA) is 80.7 Å². The quantitative estimate of drug-likeness (QED) is 0.469. The molecule has 0 aliphatic rings. The summed E-state index contributed by atoms with van der Waals surface area (Å²) in [6.07, 6.45) is -0.0217. The Bertz CT molecular complexity index is 436. The summed E-state index contributed by atoms with van der Waals surface area (Å²) in [4.78, 5) is 33.2. The number of carbonyl (C=O) groups is 3. The number of carbonyl (C=O) groups excluding carboxylic acids is 3. The SMILES string of the molecule is CCC(=O)C(=O)OC(=O)c1cccc(O)c1. The van der Waals surface area contributed by atoms with Crippen LogP contribution in [0, 0.1) is 0 Å². The molecule has 0 bridgehead atoms. The lowest BCUT2D eigenvalue weighted by atomic mass is 10.2. The summed E-state index contributed by atoms with van der Waals surface area (Å²) in [5, 5.41) is 9.09. The maximum atomic E-state index is 11.3. The van der Waals surface area contributed by atoms with Gasteiger partial charge in [-0.1, -0.05) is 13.0 Å². The molecule has 0 amide bonds. The molecule has 1 N–H and O–H groups in total. The van der Waals surface area contributed by atoms with E-state index in [2.05, 4.69) is 4.74 Å². The molecule has 0 fully saturated rings. The van der Waals surface area contributed by atoms with Crippen LogP contribution in [0.1, 0.15) is 23.7 Å². The van der Waals surface area contributed by atoms with Crippen LogP contribution in [0.25, 0.3) is 0 Å². The molecular formula is C11H10O5. The van der Waals surface area contributed by atoms with Crippen molar-refractivity contribution in [3.8, 4) is 5.75 Å². The van der Waals surface area contributed by atoms with Gasteiger partial charge in [0.2, 0.25) is 5.78 Å². The molecule has 84 valence electrons. The second kappa shape index (κ2) is 5.06. The van der Waals surface area contributed by atoms with E-state index >= 15 is 0 Å². The Morgan fingerprint density at radius 3 is 2.56 bits per heavy atom. The van der Waals surface area contributed by atoms with Gasteiger partial charge in [0, 0.05) is 6.42 Å². The highest BCUT2D eigenvalue weighted by Gasteiger charge is 2.18. The molecule has 0 atom stereocenters. The molecule has 5 heteroatoms. The van der Waals surface area contributed by atoms with E-state index in [0.29, 0.717) is 0 Å². The van der Waals surface area contributed by atoms with E-state index in [1.54, 1.807) is 0 Å². The van der Waals surface area contributed by atoms with Gasteiger partial charge in [-0.05, 0) is 18.2 Å². The first-order chi connectivity index (χ1) is 7.54. The van der Waals surface area contributed by atoms with E-state index in [1.807, 2.05) is 0 Å². The fourth-order valence-corrected chi connectivity index (χ4v) is 0.977. The van der Waals surface area contributed by atoms with Gasteiger partial charge in [-0.2, -0.15) is 0 Å². The molecule has 5 nitrogen and oxygen atoms in total. The third kappa shape index (κ3) is 2.91. The molecule has 16 heavy (non-hydrogen) atoms. The van der Waals surface area contributed by atoms with Crippen molar-refractivity contribution in [1.82, 2.24) is 0 Å². The maximum Gasteiger partial charge on any atom is 0.382 e. The predicted molar refractivity (Wildman–Crippen MR) is 53.8 cm³/mol. The number of esters is 2. The Kier molecular flexibility index (Phi) is 3.77. The highest BCUT2D eigenvalue weighted by molar-refractivity contribution is 6.35. The van der Waals surface area contributed by atoms with Gasteiger partial charge in [0.1, 0.15) is 5.75 Å². The zero-order valence-corrected chi connectivity index (χ0v) is 8.60. The van der Waals surface area contributed by atoms with Crippen LogP contribution in [0.15, 0.2) is 24.3 Å². The fourth-order valence-electron chi connectivity index (χ4n) is 0.977. The second-order valence-electron chi connectivity index (χ2n) is 3.00. The second-order valence-corrected chi connectivity index (χ2v) is 3.00. The molecule has 0 aliphatic heterocycles. The van der Waals surface area contributed by atoms with Crippen molar-refractivity contribution in [2.45, 2.75) is 13.3 Å². The number of benzene rings is 1. The Hall–Kier alpha value is -2.17. The van der Waals surface area contributed by atoms with Crippen molar-refractivity contribution in [3.63, 3.8) is 0 Å². The minimum absolute atomic E-state index is 0.0113. The Labute approximate surface area is 91.6 Å². The van der Waals surface area contributed by atoms with Crippen LogP contribution in [0.2, 0.25) is 0 Å². The van der Waals surface area contributed by atoms with Gasteiger partial charge >= 0.3 is 11.9 Å². The lowest BCUT2D eigenvalue weighted by Gasteiger charge is -2.01. The van der Waals surface area contributed by atoms with E-state index in [1.165, 1.54) is 25.1 Å². The van der Waals surface area contributed by atoms with Crippen molar-refractivity contribution in [1.29, 1.82) is 0 Å². The lowest BCUT2D eigenvalue weighted by Crippen LogP contribution is -2.20. The molecule has 0 unspecified atom stereocenters. The third-order valence-corrected chi connectivity index (χ3v) is 1.82. The number of hydrogen-bond donors (Lipinski definition) is 1. The summed E-state index contributed by atoms with van der Waals surface area (Å²) in [6, 6.07) is 5.31. The van der Waals surface area contributed by atoms with Gasteiger partial charge in [0.15, 0.2) is 0 Å². The number of phenolic OH excluding ortho intramolecular Hbond substituents is 1. The Morgan fingerprint density at radius 1 is 1.31 bits per heavy atom. The van der Waals surface area contributed by atoms with Crippen LogP contribution in [-0.4, -0.2) is 22.8 Å². The summed E-state index contributed by atoms with van der Waals surface area (Å²) in [5.74, 6) is -3.03. The summed E-state index contributed by atoms with van der Waals surface area (Å²) >= 11 is 0. The largest absolute Gasteiger partial charge is 0.508 e. The van der Waals surface area contributed by atoms with Crippen LogP contribution in [0.3, 0.4) is 0 Å². The van der Waals surface area contributed by atoms with E-state index in [9.17, 15) is 14.4 Å². The van der Waals surface area contributed by atoms with Crippen LogP contribution < -0.4 is 0 Å². The first-order valence-corrected chi connectivity index (χ1v) is 4.63. The monoisotopic (exact) mass is 222 g/mol. The van der Waals surface area contributed by atoms with Crippen LogP contribution in [-0.2, 0) is 14.3 Å². The van der Waals surface area contributed by atoms with Crippen molar-refractivity contribution in [3.05, 3.63) is 29.8 Å². The summed E-state index contributed by atoms with van der Waals surface area (Å²) in [6.45, 7) is 1.49. The average Bonchev–Trinajstić information content (AvgIpc) is 2.27. The van der Waals surface area contributed by atoms with E-state index < -0.39 is 17.7 Å². The number of rotatable bonds is 3. The molecule has 0 saturated heterocycles. The number of ketones is 1. The summed E-state index contributed by atoms with van der Waals surface area (Å²) < 4.78 is 4.31. The molecule has 0 aliphatic carbocycles. The van der Waals surface area contributed by atoms with Crippen molar-refractivity contribution in [2.75, 3.05) is 0 Å². The van der Waals surface area contributed by atoms with Crippen LogP contribution >= 0.6 is 0 Å². The average molecular weight is 222 g/mol. The van der Waals surface area contributed by atoms with Crippen LogP contribution in [0.5, 0.6) is 5.75 Å². The van der Waals surface area contributed by atoms with E-state index in [-0.39, 0.29) is 17.7 Å². The number of hydrogen-bond acceptors (Lipinski definition) is 5. The van der Waals surface area contributed by atoms with Crippen molar-refractivity contribution >= 4 is 17.7 Å². The highest BCUT2D eigenvalue weighted by atomic mass is 16.6. The van der Waals surface area contributed by atoms with Gasteiger partial charge < -0.3 is 9.84 Å². The van der Waals surface area contributed by atoms with E-state index in [4.69, 9.17) is 5.11 Å². The molecule has 0 spiro atoms. The van der Waals surface area contributed by atoms with Crippen molar-refractivity contribution in [2.24, 2.45) is 0 Å².